The molecule has 1 aliphatic rings. The molecule has 1 saturated heterocycles. The molecule has 1 fully saturated rings. The highest BCUT2D eigenvalue weighted by Gasteiger charge is 2.27. The fraction of sp³-hybridized carbons (Fsp3) is 0.900. The van der Waals surface area contributed by atoms with Crippen LogP contribution in [-0.4, -0.2) is 68.6 Å². The van der Waals surface area contributed by atoms with Crippen LogP contribution in [0.2, 0.25) is 0 Å². The van der Waals surface area contributed by atoms with E-state index in [2.05, 4.69) is 30.9 Å². The Bertz CT molecular complexity index is 206. The Morgan fingerprint density at radius 3 is 2.50 bits per heavy atom. The molecule has 0 aromatic rings. The number of amides is 1. The van der Waals surface area contributed by atoms with Crippen molar-refractivity contribution in [2.45, 2.75) is 6.42 Å². The molecular weight excluding hydrogens is 178 g/mol. The zero-order valence-corrected chi connectivity index (χ0v) is 9.66. The molecule has 1 aliphatic heterocycles. The highest BCUT2D eigenvalue weighted by atomic mass is 16.2. The lowest BCUT2D eigenvalue weighted by Gasteiger charge is -2.23. The van der Waals surface area contributed by atoms with Crippen LogP contribution in [0.3, 0.4) is 0 Å². The normalized spacial score (nSPS) is 22.9. The molecule has 1 unspecified atom stereocenters. The minimum absolute atomic E-state index is 0.285. The molecule has 1 atom stereocenters. The molecule has 4 heteroatoms. The highest BCUT2D eigenvalue weighted by Crippen LogP contribution is 2.16. The lowest BCUT2D eigenvalue weighted by atomic mass is 10.1. The first-order valence-electron chi connectivity index (χ1n) is 5.06. The van der Waals surface area contributed by atoms with Crippen molar-refractivity contribution < 1.29 is 4.79 Å². The van der Waals surface area contributed by atoms with Gasteiger partial charge in [-0.3, -0.25) is 14.6 Å². The minimum atomic E-state index is 0.285. The van der Waals surface area contributed by atoms with Crippen molar-refractivity contribution in [2.75, 3.05) is 47.9 Å². The smallest absolute Gasteiger partial charge is 0.222 e. The zero-order chi connectivity index (χ0) is 10.7. The second-order valence-corrected chi connectivity index (χ2v) is 4.60. The lowest BCUT2D eigenvalue weighted by Crippen LogP contribution is -2.34. The van der Waals surface area contributed by atoms with Crippen LogP contribution in [0.4, 0.5) is 0 Å². The Morgan fingerprint density at radius 1 is 1.43 bits per heavy atom. The summed E-state index contributed by atoms with van der Waals surface area (Å²) in [5, 5.41) is 0. The molecule has 0 spiro atoms. The average Bonchev–Trinajstić information content (AvgIpc) is 2.28. The highest BCUT2D eigenvalue weighted by molar-refractivity contribution is 5.78. The maximum Gasteiger partial charge on any atom is 0.222 e. The first kappa shape index (κ1) is 11.5. The Morgan fingerprint density at radius 2 is 2.07 bits per heavy atom. The third-order valence-electron chi connectivity index (χ3n) is 2.52. The summed E-state index contributed by atoms with van der Waals surface area (Å²) >= 11 is 0. The van der Waals surface area contributed by atoms with Gasteiger partial charge in [0.15, 0.2) is 0 Å². The van der Waals surface area contributed by atoms with Gasteiger partial charge in [-0.2, -0.15) is 0 Å². The summed E-state index contributed by atoms with van der Waals surface area (Å²) in [6.07, 6.45) is 0.717. The Hall–Kier alpha value is -0.610. The molecule has 0 N–H and O–H groups in total. The van der Waals surface area contributed by atoms with Gasteiger partial charge < -0.3 is 4.90 Å². The van der Waals surface area contributed by atoms with E-state index < -0.39 is 0 Å². The molecule has 0 aromatic carbocycles. The monoisotopic (exact) mass is 199 g/mol. The number of hydrogen-bond donors (Lipinski definition) is 0. The average molecular weight is 199 g/mol. The van der Waals surface area contributed by atoms with Crippen LogP contribution < -0.4 is 0 Å². The topological polar surface area (TPSA) is 26.8 Å². The molecule has 1 rings (SSSR count). The maximum atomic E-state index is 11.3. The molecule has 82 valence electrons. The van der Waals surface area contributed by atoms with Gasteiger partial charge >= 0.3 is 0 Å². The predicted octanol–water partition coefficient (Wildman–Crippen LogP) is -0.0844. The molecule has 14 heavy (non-hydrogen) atoms. The summed E-state index contributed by atoms with van der Waals surface area (Å²) in [5.74, 6) is 0.797. The number of likely N-dealkylation sites (tertiary alicyclic amines) is 1. The summed E-state index contributed by atoms with van der Waals surface area (Å²) < 4.78 is 0. The second kappa shape index (κ2) is 4.75. The van der Waals surface area contributed by atoms with E-state index >= 15 is 0 Å². The standard InChI is InChI=1S/C10H21N3O/c1-11(2)8-12(3)6-9-5-10(14)13(4)7-9/h9H,5-8H2,1-4H3. The van der Waals surface area contributed by atoms with Gasteiger partial charge in [-0.05, 0) is 27.1 Å². The minimum Gasteiger partial charge on any atom is -0.345 e. The maximum absolute atomic E-state index is 11.3. The molecular formula is C10H21N3O. The van der Waals surface area contributed by atoms with Crippen LogP contribution >= 0.6 is 0 Å². The van der Waals surface area contributed by atoms with E-state index in [1.54, 1.807) is 0 Å². The van der Waals surface area contributed by atoms with Crippen molar-refractivity contribution in [1.82, 2.24) is 14.7 Å². The van der Waals surface area contributed by atoms with E-state index in [0.29, 0.717) is 12.3 Å². The Kier molecular flexibility index (Phi) is 3.89. The quantitative estimate of drug-likeness (QED) is 0.592. The van der Waals surface area contributed by atoms with Crippen LogP contribution in [0.1, 0.15) is 6.42 Å². The number of rotatable bonds is 4. The van der Waals surface area contributed by atoms with Crippen LogP contribution in [0.5, 0.6) is 0 Å². The van der Waals surface area contributed by atoms with Crippen molar-refractivity contribution in [3.63, 3.8) is 0 Å². The molecule has 0 bridgehead atoms. The molecule has 1 heterocycles. The van der Waals surface area contributed by atoms with Gasteiger partial charge in [0.1, 0.15) is 0 Å². The van der Waals surface area contributed by atoms with E-state index in [1.807, 2.05) is 11.9 Å². The van der Waals surface area contributed by atoms with Crippen molar-refractivity contribution in [3.05, 3.63) is 0 Å². The van der Waals surface area contributed by atoms with Crippen molar-refractivity contribution in [3.8, 4) is 0 Å². The first-order chi connectivity index (χ1) is 6.49. The van der Waals surface area contributed by atoms with E-state index in [-0.39, 0.29) is 5.91 Å². The van der Waals surface area contributed by atoms with E-state index in [9.17, 15) is 4.79 Å². The van der Waals surface area contributed by atoms with Gasteiger partial charge in [-0.25, -0.2) is 0 Å². The fourth-order valence-corrected chi connectivity index (χ4v) is 2.06. The van der Waals surface area contributed by atoms with Crippen molar-refractivity contribution in [2.24, 2.45) is 5.92 Å². The van der Waals surface area contributed by atoms with Crippen molar-refractivity contribution in [1.29, 1.82) is 0 Å². The van der Waals surface area contributed by atoms with E-state index in [1.165, 1.54) is 0 Å². The number of carbonyl (C=O) groups is 1. The van der Waals surface area contributed by atoms with Crippen LogP contribution in [0.15, 0.2) is 0 Å². The van der Waals surface area contributed by atoms with Crippen molar-refractivity contribution >= 4 is 5.91 Å². The number of nitrogens with zero attached hydrogens (tertiary/aromatic N) is 3. The third-order valence-corrected chi connectivity index (χ3v) is 2.52. The summed E-state index contributed by atoms with van der Waals surface area (Å²) in [7, 11) is 8.10. The molecule has 0 saturated carbocycles. The molecule has 0 aromatic heterocycles. The number of carbonyl (C=O) groups excluding carboxylic acids is 1. The first-order valence-corrected chi connectivity index (χ1v) is 5.06. The Balaban J connectivity index is 2.28. The summed E-state index contributed by atoms with van der Waals surface area (Å²) in [6, 6.07) is 0. The third kappa shape index (κ3) is 3.27. The van der Waals surface area contributed by atoms with Gasteiger partial charge in [-0.15, -0.1) is 0 Å². The largest absolute Gasteiger partial charge is 0.345 e. The Labute approximate surface area is 86.5 Å². The zero-order valence-electron chi connectivity index (χ0n) is 9.66. The fourth-order valence-electron chi connectivity index (χ4n) is 2.06. The van der Waals surface area contributed by atoms with Gasteiger partial charge in [0.2, 0.25) is 5.91 Å². The van der Waals surface area contributed by atoms with Crippen LogP contribution in [0, 0.1) is 5.92 Å². The van der Waals surface area contributed by atoms with Gasteiger partial charge in [-0.1, -0.05) is 0 Å². The van der Waals surface area contributed by atoms with Crippen LogP contribution in [-0.2, 0) is 4.79 Å². The second-order valence-electron chi connectivity index (χ2n) is 4.60. The summed E-state index contributed by atoms with van der Waals surface area (Å²) in [5.41, 5.74) is 0. The number of hydrogen-bond acceptors (Lipinski definition) is 3. The summed E-state index contributed by atoms with van der Waals surface area (Å²) in [6.45, 7) is 2.87. The van der Waals surface area contributed by atoms with Gasteiger partial charge in [0, 0.05) is 33.2 Å². The molecule has 0 aliphatic carbocycles. The van der Waals surface area contributed by atoms with Gasteiger partial charge in [0.25, 0.3) is 0 Å². The predicted molar refractivity (Wildman–Crippen MR) is 56.9 cm³/mol. The van der Waals surface area contributed by atoms with Crippen LogP contribution in [0.25, 0.3) is 0 Å². The van der Waals surface area contributed by atoms with E-state index in [4.69, 9.17) is 0 Å². The van der Waals surface area contributed by atoms with Gasteiger partial charge in [0.05, 0.1) is 0 Å². The lowest BCUT2D eigenvalue weighted by molar-refractivity contribution is -0.126. The SMILES string of the molecule is CN(C)CN(C)CC1CC(=O)N(C)C1. The van der Waals surface area contributed by atoms with E-state index in [0.717, 1.165) is 19.8 Å². The molecule has 4 nitrogen and oxygen atoms in total. The summed E-state index contributed by atoms with van der Waals surface area (Å²) in [4.78, 5) is 17.5. The molecule has 1 amide bonds. The molecule has 0 radical (unpaired) electrons.